The Morgan fingerprint density at radius 3 is 2.78 bits per heavy atom. The Morgan fingerprint density at radius 1 is 1.00 bits per heavy atom. The lowest BCUT2D eigenvalue weighted by molar-refractivity contribution is 0.466. The summed E-state index contributed by atoms with van der Waals surface area (Å²) in [7, 11) is 0. The Balaban J connectivity index is 1.80. The van der Waals surface area contributed by atoms with Crippen LogP contribution in [-0.4, -0.2) is 9.97 Å². The number of fused-ring (bicyclic) bond motifs is 2. The number of ether oxygens (including phenoxy) is 1. The van der Waals surface area contributed by atoms with Crippen LogP contribution in [0.2, 0.25) is 5.02 Å². The predicted molar refractivity (Wildman–Crippen MR) is 87.1 cm³/mol. The van der Waals surface area contributed by atoms with Gasteiger partial charge in [-0.25, -0.2) is 14.8 Å². The molecule has 0 atom stereocenters. The van der Waals surface area contributed by atoms with Crippen molar-refractivity contribution < 1.29 is 9.15 Å². The van der Waals surface area contributed by atoms with Crippen molar-refractivity contribution >= 4 is 33.5 Å². The van der Waals surface area contributed by atoms with E-state index < -0.39 is 5.63 Å². The Hall–Kier alpha value is -2.92. The van der Waals surface area contributed by atoms with E-state index in [1.54, 1.807) is 36.4 Å². The van der Waals surface area contributed by atoms with Gasteiger partial charge in [-0.2, -0.15) is 0 Å². The topological polar surface area (TPSA) is 65.2 Å². The Labute approximate surface area is 135 Å². The lowest BCUT2D eigenvalue weighted by atomic mass is 10.2. The van der Waals surface area contributed by atoms with Crippen LogP contribution in [0.4, 0.5) is 0 Å². The van der Waals surface area contributed by atoms with Crippen molar-refractivity contribution in [3.8, 4) is 11.6 Å². The lowest BCUT2D eigenvalue weighted by Gasteiger charge is -2.08. The molecule has 23 heavy (non-hydrogen) atoms. The predicted octanol–water partition coefficient (Wildman–Crippen LogP) is 4.18. The number of hydrogen-bond donors (Lipinski definition) is 0. The second-order valence-corrected chi connectivity index (χ2v) is 5.33. The Morgan fingerprint density at radius 2 is 1.87 bits per heavy atom. The van der Waals surface area contributed by atoms with Gasteiger partial charge in [0.15, 0.2) is 0 Å². The summed E-state index contributed by atoms with van der Waals surface area (Å²) in [5, 5.41) is 2.15. The summed E-state index contributed by atoms with van der Waals surface area (Å²) in [4.78, 5) is 19.7. The van der Waals surface area contributed by atoms with Crippen LogP contribution in [0.3, 0.4) is 0 Å². The zero-order valence-corrected chi connectivity index (χ0v) is 12.4. The van der Waals surface area contributed by atoms with Crippen molar-refractivity contribution in [3.63, 3.8) is 0 Å². The Bertz CT molecular complexity index is 1090. The molecule has 0 aliphatic carbocycles. The van der Waals surface area contributed by atoms with Crippen LogP contribution >= 0.6 is 11.6 Å². The zero-order chi connectivity index (χ0) is 15.8. The molecule has 4 rings (SSSR count). The smallest absolute Gasteiger partial charge is 0.336 e. The van der Waals surface area contributed by atoms with Crippen molar-refractivity contribution in [3.05, 3.63) is 70.3 Å². The van der Waals surface area contributed by atoms with E-state index in [1.807, 2.05) is 6.07 Å². The van der Waals surface area contributed by atoms with Crippen LogP contribution in [0.15, 0.2) is 64.1 Å². The molecular weight excluding hydrogens is 316 g/mol. The number of benzene rings is 2. The zero-order valence-electron chi connectivity index (χ0n) is 11.7. The van der Waals surface area contributed by atoms with Gasteiger partial charge in [-0.3, -0.25) is 0 Å². The van der Waals surface area contributed by atoms with Gasteiger partial charge in [0, 0.05) is 22.5 Å². The van der Waals surface area contributed by atoms with Crippen LogP contribution in [-0.2, 0) is 0 Å². The first-order valence-electron chi connectivity index (χ1n) is 6.81. The molecule has 0 aliphatic heterocycles. The molecular formula is C17H9ClN2O3. The van der Waals surface area contributed by atoms with Crippen molar-refractivity contribution in [2.24, 2.45) is 0 Å². The lowest BCUT2D eigenvalue weighted by Crippen LogP contribution is -1.95. The van der Waals surface area contributed by atoms with E-state index in [0.29, 0.717) is 27.8 Å². The van der Waals surface area contributed by atoms with Gasteiger partial charge in [-0.15, -0.1) is 0 Å². The molecule has 0 radical (unpaired) electrons. The first-order chi connectivity index (χ1) is 11.2. The van der Waals surface area contributed by atoms with Crippen molar-refractivity contribution in [1.29, 1.82) is 0 Å². The van der Waals surface area contributed by atoms with Crippen LogP contribution in [0, 0.1) is 0 Å². The SMILES string of the molecule is O=c1ccc2ccc(Oc3ncnc4cc(Cl)ccc34)cc2o1. The summed E-state index contributed by atoms with van der Waals surface area (Å²) in [5.74, 6) is 0.922. The molecule has 2 aromatic heterocycles. The van der Waals surface area contributed by atoms with Crippen LogP contribution < -0.4 is 10.4 Å². The van der Waals surface area contributed by atoms with E-state index in [4.69, 9.17) is 20.8 Å². The van der Waals surface area contributed by atoms with Gasteiger partial charge in [-0.1, -0.05) is 11.6 Å². The first-order valence-corrected chi connectivity index (χ1v) is 7.19. The molecule has 0 fully saturated rings. The third-order valence-electron chi connectivity index (χ3n) is 3.37. The number of rotatable bonds is 2. The fraction of sp³-hybridized carbons (Fsp3) is 0. The van der Waals surface area contributed by atoms with Gasteiger partial charge in [0.1, 0.15) is 17.7 Å². The molecule has 0 N–H and O–H groups in total. The fourth-order valence-electron chi connectivity index (χ4n) is 2.30. The van der Waals surface area contributed by atoms with Crippen molar-refractivity contribution in [2.75, 3.05) is 0 Å². The van der Waals surface area contributed by atoms with E-state index in [2.05, 4.69) is 9.97 Å². The molecule has 0 saturated heterocycles. The average Bonchev–Trinajstić information content (AvgIpc) is 2.54. The highest BCUT2D eigenvalue weighted by molar-refractivity contribution is 6.31. The summed E-state index contributed by atoms with van der Waals surface area (Å²) >= 11 is 5.97. The highest BCUT2D eigenvalue weighted by atomic mass is 35.5. The third-order valence-corrected chi connectivity index (χ3v) is 3.61. The maximum Gasteiger partial charge on any atom is 0.336 e. The van der Waals surface area contributed by atoms with Gasteiger partial charge >= 0.3 is 5.63 Å². The molecule has 4 aromatic rings. The molecule has 5 nitrogen and oxygen atoms in total. The van der Waals surface area contributed by atoms with E-state index in [-0.39, 0.29) is 0 Å². The molecule has 6 heteroatoms. The van der Waals surface area contributed by atoms with E-state index in [1.165, 1.54) is 12.4 Å². The Kier molecular flexibility index (Phi) is 3.20. The van der Waals surface area contributed by atoms with Crippen molar-refractivity contribution in [1.82, 2.24) is 9.97 Å². The van der Waals surface area contributed by atoms with Gasteiger partial charge in [0.2, 0.25) is 5.88 Å². The second-order valence-electron chi connectivity index (χ2n) is 4.90. The molecule has 0 unspecified atom stereocenters. The number of nitrogens with zero attached hydrogens (tertiary/aromatic N) is 2. The van der Waals surface area contributed by atoms with Crippen LogP contribution in [0.1, 0.15) is 0 Å². The van der Waals surface area contributed by atoms with E-state index in [0.717, 1.165) is 10.8 Å². The minimum absolute atomic E-state index is 0.406. The first kappa shape index (κ1) is 13.7. The van der Waals surface area contributed by atoms with Gasteiger partial charge in [-0.05, 0) is 36.4 Å². The number of halogens is 1. The highest BCUT2D eigenvalue weighted by Gasteiger charge is 2.08. The van der Waals surface area contributed by atoms with Gasteiger partial charge in [0.25, 0.3) is 0 Å². The molecule has 0 spiro atoms. The quantitative estimate of drug-likeness (QED) is 0.517. The molecule has 2 heterocycles. The standard InChI is InChI=1S/C17H9ClN2O3/c18-11-3-5-13-14(7-11)19-9-20-17(13)22-12-4-1-10-2-6-16(21)23-15(10)8-12/h1-9H. The summed E-state index contributed by atoms with van der Waals surface area (Å²) in [6.07, 6.45) is 1.41. The molecule has 0 saturated carbocycles. The highest BCUT2D eigenvalue weighted by Crippen LogP contribution is 2.29. The van der Waals surface area contributed by atoms with Gasteiger partial charge in [0.05, 0.1) is 10.9 Å². The molecule has 0 bridgehead atoms. The van der Waals surface area contributed by atoms with Crippen LogP contribution in [0.5, 0.6) is 11.6 Å². The van der Waals surface area contributed by atoms with Crippen molar-refractivity contribution in [2.45, 2.75) is 0 Å². The maximum absolute atomic E-state index is 11.3. The minimum atomic E-state index is -0.406. The third kappa shape index (κ3) is 2.62. The number of aromatic nitrogens is 2. The molecule has 0 amide bonds. The second kappa shape index (κ2) is 5.37. The van der Waals surface area contributed by atoms with Crippen LogP contribution in [0.25, 0.3) is 21.9 Å². The summed E-state index contributed by atoms with van der Waals surface area (Å²) < 4.78 is 11.0. The van der Waals surface area contributed by atoms with Gasteiger partial charge < -0.3 is 9.15 Å². The van der Waals surface area contributed by atoms with E-state index in [9.17, 15) is 4.79 Å². The summed E-state index contributed by atoms with van der Waals surface area (Å²) in [6, 6.07) is 13.6. The normalized spacial score (nSPS) is 11.0. The summed E-state index contributed by atoms with van der Waals surface area (Å²) in [6.45, 7) is 0. The maximum atomic E-state index is 11.3. The average molecular weight is 325 g/mol. The number of hydrogen-bond acceptors (Lipinski definition) is 5. The molecule has 2 aromatic carbocycles. The van der Waals surface area contributed by atoms with E-state index >= 15 is 0 Å². The largest absolute Gasteiger partial charge is 0.438 e. The molecule has 0 aliphatic rings. The molecule has 112 valence electrons. The summed E-state index contributed by atoms with van der Waals surface area (Å²) in [5.41, 5.74) is 0.739. The monoisotopic (exact) mass is 324 g/mol. The minimum Gasteiger partial charge on any atom is -0.438 e. The fourth-order valence-corrected chi connectivity index (χ4v) is 2.47.